The van der Waals surface area contributed by atoms with Crippen LogP contribution in [0.15, 0.2) is 73.2 Å². The van der Waals surface area contributed by atoms with Crippen molar-refractivity contribution in [3.8, 4) is 28.7 Å². The SMILES string of the molecule is COc1ccc2cc1OCCCNC(=O)CCc1cccc(c1)Oc1cc3c(cc1OC)C2N(C(=O)CCc1cnccn1)CC3. The van der Waals surface area contributed by atoms with E-state index in [2.05, 4.69) is 15.3 Å². The molecule has 10 nitrogen and oxygen atoms in total. The van der Waals surface area contributed by atoms with Crippen molar-refractivity contribution < 1.29 is 28.5 Å². The Morgan fingerprint density at radius 1 is 1.00 bits per heavy atom. The van der Waals surface area contributed by atoms with Gasteiger partial charge in [-0.1, -0.05) is 18.2 Å². The third kappa shape index (κ3) is 7.06. The maximum Gasteiger partial charge on any atom is 0.223 e. The van der Waals surface area contributed by atoms with Crippen LogP contribution in [0, 0.1) is 0 Å². The van der Waals surface area contributed by atoms with Crippen LogP contribution in [0.2, 0.25) is 0 Å². The number of aryl methyl sites for hydroxylation is 2. The summed E-state index contributed by atoms with van der Waals surface area (Å²) in [4.78, 5) is 36.9. The monoisotopic (exact) mass is 622 g/mol. The second kappa shape index (κ2) is 14.3. The van der Waals surface area contributed by atoms with Gasteiger partial charge in [0.2, 0.25) is 11.8 Å². The standard InChI is InChI=1S/C36H38N4O6/c1-43-30-10-8-26-21-32(30)45-18-4-14-39-34(41)11-7-24-5-3-6-28(19-24)46-33-20-25-13-17-40(36(26)29(25)22-31(33)44-2)35(42)12-9-27-23-37-15-16-38-27/h3,5-6,8,10,15-16,19-23,36H,4,7,9,11-14,17-18H2,1-2H3,(H,39,41). The minimum atomic E-state index is -0.400. The van der Waals surface area contributed by atoms with Gasteiger partial charge in [0.1, 0.15) is 5.75 Å². The summed E-state index contributed by atoms with van der Waals surface area (Å²) in [7, 11) is 3.22. The molecule has 0 radical (unpaired) electrons. The van der Waals surface area contributed by atoms with Gasteiger partial charge in [0.05, 0.1) is 32.6 Å². The van der Waals surface area contributed by atoms with E-state index in [1.54, 1.807) is 32.8 Å². The fraction of sp³-hybridized carbons (Fsp3) is 0.333. The Hall–Kier alpha value is -5.12. The number of carbonyl (C=O) groups is 2. The average molecular weight is 623 g/mol. The van der Waals surface area contributed by atoms with Crippen molar-refractivity contribution in [1.29, 1.82) is 0 Å². The molecule has 0 aliphatic carbocycles. The molecule has 0 saturated heterocycles. The number of hydrogen-bond acceptors (Lipinski definition) is 8. The zero-order valence-electron chi connectivity index (χ0n) is 26.2. The molecular formula is C36H38N4O6. The first-order valence-corrected chi connectivity index (χ1v) is 15.6. The Morgan fingerprint density at radius 3 is 2.72 bits per heavy atom. The van der Waals surface area contributed by atoms with E-state index in [0.29, 0.717) is 87.0 Å². The lowest BCUT2D eigenvalue weighted by molar-refractivity contribution is -0.133. The predicted octanol–water partition coefficient (Wildman–Crippen LogP) is 5.22. The minimum Gasteiger partial charge on any atom is -0.493 e. The van der Waals surface area contributed by atoms with Crippen molar-refractivity contribution in [3.05, 3.63) is 101 Å². The molecule has 10 heteroatoms. The molecule has 7 rings (SSSR count). The maximum atomic E-state index is 13.9. The largest absolute Gasteiger partial charge is 0.493 e. The van der Waals surface area contributed by atoms with Gasteiger partial charge in [-0.25, -0.2) is 0 Å². The predicted molar refractivity (Wildman–Crippen MR) is 172 cm³/mol. The van der Waals surface area contributed by atoms with Crippen LogP contribution in [0.3, 0.4) is 0 Å². The number of fused-ring (bicyclic) bond motifs is 8. The van der Waals surface area contributed by atoms with Gasteiger partial charge in [-0.15, -0.1) is 0 Å². The van der Waals surface area contributed by atoms with Gasteiger partial charge in [0, 0.05) is 44.5 Å². The number of hydrogen-bond donors (Lipinski definition) is 1. The Balaban J connectivity index is 1.41. The first-order valence-electron chi connectivity index (χ1n) is 15.6. The van der Waals surface area contributed by atoms with Crippen molar-refractivity contribution in [1.82, 2.24) is 20.2 Å². The van der Waals surface area contributed by atoms with Crippen molar-refractivity contribution in [3.63, 3.8) is 0 Å². The second-order valence-corrected chi connectivity index (χ2v) is 11.4. The second-order valence-electron chi connectivity index (χ2n) is 11.4. The van der Waals surface area contributed by atoms with Gasteiger partial charge in [-0.3, -0.25) is 19.6 Å². The molecule has 4 heterocycles. The van der Waals surface area contributed by atoms with Crippen LogP contribution in [-0.2, 0) is 28.9 Å². The first-order chi connectivity index (χ1) is 22.5. The molecule has 3 aliphatic heterocycles. The number of ether oxygens (including phenoxy) is 4. The third-order valence-corrected chi connectivity index (χ3v) is 8.36. The number of methoxy groups -OCH3 is 2. The Kier molecular flexibility index (Phi) is 9.62. The van der Waals surface area contributed by atoms with E-state index in [9.17, 15) is 9.59 Å². The number of benzene rings is 3. The molecule has 238 valence electrons. The van der Waals surface area contributed by atoms with Crippen LogP contribution in [-0.4, -0.2) is 60.6 Å². The van der Waals surface area contributed by atoms with E-state index in [4.69, 9.17) is 18.9 Å². The highest BCUT2D eigenvalue weighted by molar-refractivity contribution is 5.78. The highest BCUT2D eigenvalue weighted by Gasteiger charge is 2.34. The minimum absolute atomic E-state index is 0.0147. The number of nitrogens with zero attached hydrogens (tertiary/aromatic N) is 3. The average Bonchev–Trinajstić information content (AvgIpc) is 3.09. The smallest absolute Gasteiger partial charge is 0.223 e. The number of rotatable bonds is 5. The van der Waals surface area contributed by atoms with E-state index in [1.165, 1.54) is 0 Å². The highest BCUT2D eigenvalue weighted by atomic mass is 16.5. The number of carbonyl (C=O) groups excluding carboxylic acids is 2. The third-order valence-electron chi connectivity index (χ3n) is 8.36. The molecule has 1 unspecified atom stereocenters. The van der Waals surface area contributed by atoms with Gasteiger partial charge in [0.15, 0.2) is 23.0 Å². The summed E-state index contributed by atoms with van der Waals surface area (Å²) in [5, 5.41) is 2.98. The topological polar surface area (TPSA) is 112 Å². The number of aromatic nitrogens is 2. The molecule has 4 aromatic rings. The van der Waals surface area contributed by atoms with Crippen molar-refractivity contribution in [2.45, 2.75) is 44.6 Å². The molecule has 3 aromatic carbocycles. The van der Waals surface area contributed by atoms with E-state index < -0.39 is 6.04 Å². The van der Waals surface area contributed by atoms with Gasteiger partial charge < -0.3 is 29.2 Å². The lowest BCUT2D eigenvalue weighted by Crippen LogP contribution is -2.40. The Bertz CT molecular complexity index is 1700. The van der Waals surface area contributed by atoms with Crippen LogP contribution in [0.4, 0.5) is 0 Å². The van der Waals surface area contributed by atoms with Crippen LogP contribution in [0.25, 0.3) is 0 Å². The quantitative estimate of drug-likeness (QED) is 0.322. The molecule has 0 saturated carbocycles. The molecule has 0 spiro atoms. The lowest BCUT2D eigenvalue weighted by atomic mass is 9.87. The summed E-state index contributed by atoms with van der Waals surface area (Å²) < 4.78 is 24.1. The normalized spacial score (nSPS) is 16.4. The van der Waals surface area contributed by atoms with E-state index in [1.807, 2.05) is 59.5 Å². The summed E-state index contributed by atoms with van der Waals surface area (Å²) in [6, 6.07) is 17.2. The van der Waals surface area contributed by atoms with E-state index >= 15 is 0 Å². The maximum absolute atomic E-state index is 13.9. The molecule has 3 aliphatic rings. The Morgan fingerprint density at radius 2 is 1.89 bits per heavy atom. The first kappa shape index (κ1) is 30.9. The molecule has 1 aromatic heterocycles. The van der Waals surface area contributed by atoms with Crippen LogP contribution in [0.5, 0.6) is 28.7 Å². The Labute approximate surface area is 268 Å². The summed E-state index contributed by atoms with van der Waals surface area (Å²) in [5.41, 5.74) is 4.69. The van der Waals surface area contributed by atoms with Crippen LogP contribution >= 0.6 is 0 Å². The van der Waals surface area contributed by atoms with Gasteiger partial charge >= 0.3 is 0 Å². The summed E-state index contributed by atoms with van der Waals surface area (Å²) >= 11 is 0. The van der Waals surface area contributed by atoms with Crippen LogP contribution in [0.1, 0.15) is 53.3 Å². The van der Waals surface area contributed by atoms with Crippen molar-refractivity contribution >= 4 is 11.8 Å². The molecule has 1 N–H and O–H groups in total. The van der Waals surface area contributed by atoms with Gasteiger partial charge in [0.25, 0.3) is 0 Å². The van der Waals surface area contributed by atoms with E-state index in [-0.39, 0.29) is 11.8 Å². The zero-order chi connectivity index (χ0) is 31.9. The zero-order valence-corrected chi connectivity index (χ0v) is 26.2. The summed E-state index contributed by atoms with van der Waals surface area (Å²) in [6.45, 7) is 1.41. The van der Waals surface area contributed by atoms with Crippen molar-refractivity contribution in [2.75, 3.05) is 33.9 Å². The molecule has 2 amide bonds. The van der Waals surface area contributed by atoms with Crippen LogP contribution < -0.4 is 24.3 Å². The van der Waals surface area contributed by atoms with Gasteiger partial charge in [-0.05, 0) is 84.3 Å². The fourth-order valence-corrected chi connectivity index (χ4v) is 6.03. The molecule has 8 bridgehead atoms. The van der Waals surface area contributed by atoms with E-state index in [0.717, 1.165) is 27.9 Å². The molecular weight excluding hydrogens is 584 g/mol. The molecule has 1 atom stereocenters. The summed E-state index contributed by atoms with van der Waals surface area (Å²) in [6.07, 6.45) is 7.99. The number of nitrogens with one attached hydrogen (secondary N) is 1. The van der Waals surface area contributed by atoms with Crippen molar-refractivity contribution in [2.24, 2.45) is 0 Å². The number of amides is 2. The fourth-order valence-electron chi connectivity index (χ4n) is 6.03. The highest BCUT2D eigenvalue weighted by Crippen LogP contribution is 2.44. The molecule has 46 heavy (non-hydrogen) atoms. The summed E-state index contributed by atoms with van der Waals surface area (Å²) in [5.74, 6) is 2.97. The lowest BCUT2D eigenvalue weighted by Gasteiger charge is -2.38. The van der Waals surface area contributed by atoms with Gasteiger partial charge in [-0.2, -0.15) is 0 Å². The molecule has 0 fully saturated rings.